The van der Waals surface area contributed by atoms with Gasteiger partial charge in [0.25, 0.3) is 0 Å². The molecule has 2 aromatic rings. The Kier molecular flexibility index (Phi) is 5.01. The minimum absolute atomic E-state index is 0.0387. The highest BCUT2D eigenvalue weighted by Gasteiger charge is 2.11. The summed E-state index contributed by atoms with van der Waals surface area (Å²) in [6, 6.07) is 9.84. The topological polar surface area (TPSA) is 26.3 Å². The normalized spacial score (nSPS) is 10.7. The van der Waals surface area contributed by atoms with Crippen LogP contribution in [-0.4, -0.2) is 12.4 Å². The van der Waals surface area contributed by atoms with Crippen molar-refractivity contribution in [2.75, 3.05) is 0 Å². The van der Waals surface area contributed by atoms with Crippen LogP contribution in [0.4, 0.5) is 13.2 Å². The Morgan fingerprint density at radius 1 is 1.19 bits per heavy atom. The molecule has 0 bridgehead atoms. The van der Waals surface area contributed by atoms with Crippen molar-refractivity contribution in [1.29, 1.82) is 0 Å². The molecule has 0 saturated carbocycles. The summed E-state index contributed by atoms with van der Waals surface area (Å²) in [7, 11) is 0. The van der Waals surface area contributed by atoms with Gasteiger partial charge in [0.2, 0.25) is 0 Å². The molecule has 6 heteroatoms. The highest BCUT2D eigenvalue weighted by molar-refractivity contribution is 9.10. The number of hydrogen-bond acceptors (Lipinski definition) is 2. The maximum atomic E-state index is 13.1. The zero-order chi connectivity index (χ0) is 15.4. The first-order valence-corrected chi connectivity index (χ1v) is 6.77. The van der Waals surface area contributed by atoms with E-state index in [1.807, 2.05) is 0 Å². The summed E-state index contributed by atoms with van der Waals surface area (Å²) < 4.78 is 41.9. The molecule has 110 valence electrons. The second-order valence-electron chi connectivity index (χ2n) is 4.25. The van der Waals surface area contributed by atoms with Crippen LogP contribution < -0.4 is 4.74 Å². The first-order chi connectivity index (χ1) is 9.95. The average molecular weight is 359 g/mol. The number of halogens is 4. The summed E-state index contributed by atoms with van der Waals surface area (Å²) in [6.45, 7) is -2.94. The van der Waals surface area contributed by atoms with Gasteiger partial charge in [-0.25, -0.2) is 4.39 Å². The van der Waals surface area contributed by atoms with Crippen LogP contribution in [0, 0.1) is 5.82 Å². The summed E-state index contributed by atoms with van der Waals surface area (Å²) in [6.07, 6.45) is 0.0387. The number of benzene rings is 2. The summed E-state index contributed by atoms with van der Waals surface area (Å²) in [4.78, 5) is 12.1. The maximum absolute atomic E-state index is 13.1. The van der Waals surface area contributed by atoms with Crippen LogP contribution in [0.5, 0.6) is 5.75 Å². The third-order valence-electron chi connectivity index (χ3n) is 2.73. The van der Waals surface area contributed by atoms with E-state index in [1.165, 1.54) is 42.5 Å². The van der Waals surface area contributed by atoms with Gasteiger partial charge < -0.3 is 4.74 Å². The fraction of sp³-hybridized carbons (Fsp3) is 0.133. The highest BCUT2D eigenvalue weighted by Crippen LogP contribution is 2.20. The summed E-state index contributed by atoms with van der Waals surface area (Å²) >= 11 is 3.04. The van der Waals surface area contributed by atoms with E-state index in [9.17, 15) is 18.0 Å². The number of ketones is 1. The lowest BCUT2D eigenvalue weighted by molar-refractivity contribution is -0.0498. The molecule has 2 rings (SSSR count). The molecular weight excluding hydrogens is 349 g/mol. The van der Waals surface area contributed by atoms with Gasteiger partial charge in [-0.05, 0) is 45.8 Å². The van der Waals surface area contributed by atoms with Gasteiger partial charge in [-0.3, -0.25) is 4.79 Å². The van der Waals surface area contributed by atoms with Crippen LogP contribution in [0.15, 0.2) is 46.9 Å². The summed E-state index contributed by atoms with van der Waals surface area (Å²) in [5.74, 6) is -0.761. The molecular formula is C15H10BrF3O2. The van der Waals surface area contributed by atoms with E-state index in [-0.39, 0.29) is 28.0 Å². The SMILES string of the molecule is O=C(Cc1ccc(F)c(Br)c1)c1cccc(OC(F)F)c1. The van der Waals surface area contributed by atoms with Crippen molar-refractivity contribution in [3.63, 3.8) is 0 Å². The Labute approximate surface area is 127 Å². The van der Waals surface area contributed by atoms with Crippen LogP contribution >= 0.6 is 15.9 Å². The van der Waals surface area contributed by atoms with Crippen molar-refractivity contribution in [3.8, 4) is 5.75 Å². The Hall–Kier alpha value is -1.82. The molecule has 0 heterocycles. The molecule has 0 aliphatic carbocycles. The predicted molar refractivity (Wildman–Crippen MR) is 75.2 cm³/mol. The Balaban J connectivity index is 2.14. The summed E-state index contributed by atoms with van der Waals surface area (Å²) in [5.41, 5.74) is 0.877. The number of carbonyl (C=O) groups is 1. The number of rotatable bonds is 5. The lowest BCUT2D eigenvalue weighted by atomic mass is 10.0. The highest BCUT2D eigenvalue weighted by atomic mass is 79.9. The van der Waals surface area contributed by atoms with Crippen molar-refractivity contribution >= 4 is 21.7 Å². The molecule has 2 nitrogen and oxygen atoms in total. The van der Waals surface area contributed by atoms with Gasteiger partial charge in [0, 0.05) is 12.0 Å². The van der Waals surface area contributed by atoms with Crippen molar-refractivity contribution in [1.82, 2.24) is 0 Å². The van der Waals surface area contributed by atoms with Gasteiger partial charge >= 0.3 is 6.61 Å². The number of alkyl halides is 2. The molecule has 0 fully saturated rings. The van der Waals surface area contributed by atoms with E-state index in [1.54, 1.807) is 0 Å². The minimum atomic E-state index is -2.94. The largest absolute Gasteiger partial charge is 0.435 e. The number of Topliss-reactive ketones (excluding diaryl/α,β-unsaturated/α-hetero) is 1. The van der Waals surface area contributed by atoms with E-state index < -0.39 is 12.4 Å². The molecule has 0 spiro atoms. The van der Waals surface area contributed by atoms with Gasteiger partial charge in [0.05, 0.1) is 4.47 Å². The molecule has 0 aliphatic heterocycles. The smallest absolute Gasteiger partial charge is 0.387 e. The molecule has 0 atom stereocenters. The van der Waals surface area contributed by atoms with Crippen LogP contribution in [-0.2, 0) is 6.42 Å². The van der Waals surface area contributed by atoms with Crippen LogP contribution in [0.25, 0.3) is 0 Å². The fourth-order valence-corrected chi connectivity index (χ4v) is 2.21. The monoisotopic (exact) mass is 358 g/mol. The predicted octanol–water partition coefficient (Wildman–Crippen LogP) is 4.62. The Morgan fingerprint density at radius 3 is 2.62 bits per heavy atom. The third kappa shape index (κ3) is 4.32. The van der Waals surface area contributed by atoms with Crippen LogP contribution in [0.2, 0.25) is 0 Å². The van der Waals surface area contributed by atoms with Gasteiger partial charge in [-0.15, -0.1) is 0 Å². The third-order valence-corrected chi connectivity index (χ3v) is 3.34. The lowest BCUT2D eigenvalue weighted by Gasteiger charge is -2.07. The average Bonchev–Trinajstić information content (AvgIpc) is 2.42. The summed E-state index contributed by atoms with van der Waals surface area (Å²) in [5, 5.41) is 0. The number of ether oxygens (including phenoxy) is 1. The zero-order valence-corrected chi connectivity index (χ0v) is 12.2. The molecule has 0 radical (unpaired) electrons. The van der Waals surface area contributed by atoms with E-state index in [0.717, 1.165) is 0 Å². The Morgan fingerprint density at radius 2 is 1.95 bits per heavy atom. The molecule has 0 aliphatic rings. The second kappa shape index (κ2) is 6.76. The van der Waals surface area contributed by atoms with E-state index in [2.05, 4.69) is 20.7 Å². The lowest BCUT2D eigenvalue weighted by Crippen LogP contribution is -2.06. The van der Waals surface area contributed by atoms with Gasteiger partial charge in [0.15, 0.2) is 5.78 Å². The second-order valence-corrected chi connectivity index (χ2v) is 5.11. The van der Waals surface area contributed by atoms with Crippen molar-refractivity contribution in [2.45, 2.75) is 13.0 Å². The van der Waals surface area contributed by atoms with Gasteiger partial charge in [-0.2, -0.15) is 8.78 Å². The first-order valence-electron chi connectivity index (χ1n) is 5.97. The fourth-order valence-electron chi connectivity index (χ4n) is 1.78. The number of hydrogen-bond donors (Lipinski definition) is 0. The molecule has 21 heavy (non-hydrogen) atoms. The molecule has 0 aromatic heterocycles. The van der Waals surface area contributed by atoms with Gasteiger partial charge in [-0.1, -0.05) is 18.2 Å². The van der Waals surface area contributed by atoms with Crippen LogP contribution in [0.3, 0.4) is 0 Å². The van der Waals surface area contributed by atoms with Gasteiger partial charge in [0.1, 0.15) is 11.6 Å². The van der Waals surface area contributed by atoms with Crippen molar-refractivity contribution in [2.24, 2.45) is 0 Å². The quantitative estimate of drug-likeness (QED) is 0.729. The number of carbonyl (C=O) groups excluding carboxylic acids is 1. The van der Waals surface area contributed by atoms with E-state index >= 15 is 0 Å². The molecule has 2 aromatic carbocycles. The minimum Gasteiger partial charge on any atom is -0.435 e. The van der Waals surface area contributed by atoms with Crippen molar-refractivity contribution in [3.05, 3.63) is 63.9 Å². The van der Waals surface area contributed by atoms with E-state index in [0.29, 0.717) is 5.56 Å². The molecule has 0 unspecified atom stereocenters. The first kappa shape index (κ1) is 15.6. The van der Waals surface area contributed by atoms with Crippen molar-refractivity contribution < 1.29 is 22.7 Å². The molecule has 0 N–H and O–H groups in total. The Bertz CT molecular complexity index is 659. The van der Waals surface area contributed by atoms with E-state index in [4.69, 9.17) is 0 Å². The van der Waals surface area contributed by atoms with Crippen LogP contribution in [0.1, 0.15) is 15.9 Å². The zero-order valence-electron chi connectivity index (χ0n) is 10.7. The maximum Gasteiger partial charge on any atom is 0.387 e. The standard InChI is InChI=1S/C15H10BrF3O2/c16-12-6-9(4-5-13(12)17)7-14(20)10-2-1-3-11(8-10)21-15(18)19/h1-6,8,15H,7H2. The molecule has 0 saturated heterocycles. The molecule has 0 amide bonds.